The van der Waals surface area contributed by atoms with E-state index in [2.05, 4.69) is 10.1 Å². The van der Waals surface area contributed by atoms with E-state index in [4.69, 9.17) is 0 Å². The fourth-order valence-electron chi connectivity index (χ4n) is 1.50. The zero-order valence-corrected chi connectivity index (χ0v) is 9.67. The van der Waals surface area contributed by atoms with Crippen LogP contribution in [0, 0.1) is 0 Å². The lowest BCUT2D eigenvalue weighted by molar-refractivity contribution is -0.137. The fraction of sp³-hybridized carbons (Fsp3) is 0.167. The molecule has 1 aromatic heterocycles. The first kappa shape index (κ1) is 13.3. The lowest BCUT2D eigenvalue weighted by Gasteiger charge is -2.07. The van der Waals surface area contributed by atoms with Gasteiger partial charge in [0.15, 0.2) is 0 Å². The maximum absolute atomic E-state index is 12.4. The molecule has 0 amide bonds. The second kappa shape index (κ2) is 5.23. The standard InChI is InChI=1S/C12H10F3N3O/c13-12(14,15)10-3-1-9(2-4-10)5-11(6-19)18-8-16-7-17-18/h1-5,7-8,19H,6H2/b11-5+. The molecule has 1 N–H and O–H groups in total. The van der Waals surface area contributed by atoms with Crippen LogP contribution in [0.2, 0.25) is 0 Å². The topological polar surface area (TPSA) is 50.9 Å². The Hall–Kier alpha value is -2.15. The molecule has 0 fully saturated rings. The first-order valence-electron chi connectivity index (χ1n) is 5.34. The van der Waals surface area contributed by atoms with E-state index in [1.54, 1.807) is 0 Å². The van der Waals surface area contributed by atoms with Gasteiger partial charge >= 0.3 is 6.18 Å². The first-order chi connectivity index (χ1) is 9.00. The molecule has 19 heavy (non-hydrogen) atoms. The molecule has 0 bridgehead atoms. The number of rotatable bonds is 3. The summed E-state index contributed by atoms with van der Waals surface area (Å²) in [6, 6.07) is 4.63. The number of aliphatic hydroxyl groups is 1. The highest BCUT2D eigenvalue weighted by molar-refractivity contribution is 5.70. The van der Waals surface area contributed by atoms with Crippen LogP contribution < -0.4 is 0 Å². The molecular formula is C12H10F3N3O. The highest BCUT2D eigenvalue weighted by atomic mass is 19.4. The molecule has 0 aliphatic rings. The van der Waals surface area contributed by atoms with Gasteiger partial charge in [-0.3, -0.25) is 0 Å². The minimum Gasteiger partial charge on any atom is -0.390 e. The van der Waals surface area contributed by atoms with E-state index in [1.165, 1.54) is 35.5 Å². The highest BCUT2D eigenvalue weighted by Crippen LogP contribution is 2.29. The predicted octanol–water partition coefficient (Wildman–Crippen LogP) is 2.29. The van der Waals surface area contributed by atoms with Crippen LogP contribution in [0.4, 0.5) is 13.2 Å². The zero-order valence-electron chi connectivity index (χ0n) is 9.67. The summed E-state index contributed by atoms with van der Waals surface area (Å²) >= 11 is 0. The third-order valence-corrected chi connectivity index (χ3v) is 2.45. The van der Waals surface area contributed by atoms with Crippen molar-refractivity contribution >= 4 is 11.8 Å². The summed E-state index contributed by atoms with van der Waals surface area (Å²) in [5.41, 5.74) is 0.237. The van der Waals surface area contributed by atoms with Gasteiger partial charge in [-0.25, -0.2) is 9.67 Å². The average Bonchev–Trinajstić information content (AvgIpc) is 2.89. The summed E-state index contributed by atoms with van der Waals surface area (Å²) in [7, 11) is 0. The van der Waals surface area contributed by atoms with E-state index < -0.39 is 11.7 Å². The Labute approximate surface area is 106 Å². The predicted molar refractivity (Wildman–Crippen MR) is 62.7 cm³/mol. The van der Waals surface area contributed by atoms with Crippen molar-refractivity contribution in [3.63, 3.8) is 0 Å². The van der Waals surface area contributed by atoms with Crippen LogP contribution in [0.5, 0.6) is 0 Å². The zero-order chi connectivity index (χ0) is 13.9. The van der Waals surface area contributed by atoms with Gasteiger partial charge in [-0.15, -0.1) is 0 Å². The second-order valence-corrected chi connectivity index (χ2v) is 3.75. The van der Waals surface area contributed by atoms with Gasteiger partial charge in [-0.1, -0.05) is 12.1 Å². The van der Waals surface area contributed by atoms with Crippen LogP contribution in [0.25, 0.3) is 11.8 Å². The summed E-state index contributed by atoms with van der Waals surface area (Å²) in [4.78, 5) is 3.73. The largest absolute Gasteiger partial charge is 0.416 e. The van der Waals surface area contributed by atoms with Crippen molar-refractivity contribution in [3.8, 4) is 0 Å². The normalized spacial score (nSPS) is 12.7. The van der Waals surface area contributed by atoms with E-state index in [0.717, 1.165) is 12.1 Å². The van der Waals surface area contributed by atoms with E-state index >= 15 is 0 Å². The van der Waals surface area contributed by atoms with Crippen LogP contribution in [0.1, 0.15) is 11.1 Å². The molecule has 0 saturated heterocycles. The molecule has 7 heteroatoms. The van der Waals surface area contributed by atoms with Crippen molar-refractivity contribution in [2.24, 2.45) is 0 Å². The fourth-order valence-corrected chi connectivity index (χ4v) is 1.50. The maximum Gasteiger partial charge on any atom is 0.416 e. The van der Waals surface area contributed by atoms with Crippen molar-refractivity contribution in [1.82, 2.24) is 14.8 Å². The molecular weight excluding hydrogens is 259 g/mol. The smallest absolute Gasteiger partial charge is 0.390 e. The Morgan fingerprint density at radius 3 is 2.42 bits per heavy atom. The maximum atomic E-state index is 12.4. The lowest BCUT2D eigenvalue weighted by atomic mass is 10.1. The molecule has 0 unspecified atom stereocenters. The number of alkyl halides is 3. The molecule has 4 nitrogen and oxygen atoms in total. The molecule has 0 aliphatic carbocycles. The van der Waals surface area contributed by atoms with Crippen LogP contribution in [0.15, 0.2) is 36.9 Å². The van der Waals surface area contributed by atoms with Crippen LogP contribution in [-0.2, 0) is 6.18 Å². The minimum atomic E-state index is -4.35. The third kappa shape index (κ3) is 3.19. The number of aliphatic hydroxyl groups excluding tert-OH is 1. The molecule has 0 radical (unpaired) electrons. The monoisotopic (exact) mass is 269 g/mol. The van der Waals surface area contributed by atoms with Crippen LogP contribution in [0.3, 0.4) is 0 Å². The molecule has 0 saturated carbocycles. The lowest BCUT2D eigenvalue weighted by Crippen LogP contribution is -2.04. The van der Waals surface area contributed by atoms with Gasteiger partial charge in [0.25, 0.3) is 0 Å². The Morgan fingerprint density at radius 1 is 1.26 bits per heavy atom. The Morgan fingerprint density at radius 2 is 1.95 bits per heavy atom. The van der Waals surface area contributed by atoms with E-state index in [-0.39, 0.29) is 6.61 Å². The first-order valence-corrected chi connectivity index (χ1v) is 5.34. The van der Waals surface area contributed by atoms with Crippen LogP contribution in [-0.4, -0.2) is 26.5 Å². The minimum absolute atomic E-state index is 0.301. The van der Waals surface area contributed by atoms with E-state index in [9.17, 15) is 18.3 Å². The SMILES string of the molecule is OC/C(=C\c1ccc(C(F)(F)F)cc1)n1cncn1. The molecule has 0 atom stereocenters. The van der Waals surface area contributed by atoms with Crippen molar-refractivity contribution in [3.05, 3.63) is 48.0 Å². The van der Waals surface area contributed by atoms with Crippen molar-refractivity contribution < 1.29 is 18.3 Å². The van der Waals surface area contributed by atoms with Gasteiger partial charge in [-0.05, 0) is 23.8 Å². The third-order valence-electron chi connectivity index (χ3n) is 2.45. The van der Waals surface area contributed by atoms with Gasteiger partial charge in [0.1, 0.15) is 12.7 Å². The number of benzene rings is 1. The van der Waals surface area contributed by atoms with Crippen molar-refractivity contribution in [1.29, 1.82) is 0 Å². The highest BCUT2D eigenvalue weighted by Gasteiger charge is 2.29. The summed E-state index contributed by atoms with van der Waals surface area (Å²) < 4.78 is 38.5. The molecule has 0 aliphatic heterocycles. The van der Waals surface area contributed by atoms with Crippen molar-refractivity contribution in [2.75, 3.05) is 6.61 Å². The Kier molecular flexibility index (Phi) is 3.66. The van der Waals surface area contributed by atoms with Gasteiger partial charge in [0.2, 0.25) is 0 Å². The van der Waals surface area contributed by atoms with E-state index in [0.29, 0.717) is 11.3 Å². The quantitative estimate of drug-likeness (QED) is 0.930. The molecule has 2 aromatic rings. The van der Waals surface area contributed by atoms with Gasteiger partial charge in [-0.2, -0.15) is 18.3 Å². The number of hydrogen-bond acceptors (Lipinski definition) is 3. The average molecular weight is 269 g/mol. The molecule has 2 rings (SSSR count). The summed E-state index contributed by atoms with van der Waals surface area (Å²) in [6.07, 6.45) is -0.120. The summed E-state index contributed by atoms with van der Waals surface area (Å²) in [6.45, 7) is -0.301. The molecule has 1 aromatic carbocycles. The van der Waals surface area contributed by atoms with Crippen molar-refractivity contribution in [2.45, 2.75) is 6.18 Å². The Balaban J connectivity index is 2.27. The molecule has 1 heterocycles. The molecule has 100 valence electrons. The number of nitrogens with zero attached hydrogens (tertiary/aromatic N) is 3. The van der Waals surface area contributed by atoms with Gasteiger partial charge in [0.05, 0.1) is 17.9 Å². The molecule has 0 spiro atoms. The van der Waals surface area contributed by atoms with Gasteiger partial charge < -0.3 is 5.11 Å². The summed E-state index contributed by atoms with van der Waals surface area (Å²) in [5, 5.41) is 13.0. The number of aromatic nitrogens is 3. The van der Waals surface area contributed by atoms with E-state index in [1.807, 2.05) is 0 Å². The number of halogens is 3. The second-order valence-electron chi connectivity index (χ2n) is 3.75. The number of hydrogen-bond donors (Lipinski definition) is 1. The van der Waals surface area contributed by atoms with Crippen LogP contribution >= 0.6 is 0 Å². The Bertz CT molecular complexity index is 559. The van der Waals surface area contributed by atoms with Gasteiger partial charge in [0, 0.05) is 0 Å². The summed E-state index contributed by atoms with van der Waals surface area (Å²) in [5.74, 6) is 0.